The van der Waals surface area contributed by atoms with E-state index in [4.69, 9.17) is 4.74 Å². The minimum Gasteiger partial charge on any atom is -0.378 e. The Labute approximate surface area is 146 Å². The Bertz CT molecular complexity index is 466. The van der Waals surface area contributed by atoms with Crippen molar-refractivity contribution in [2.45, 2.75) is 78.0 Å². The fourth-order valence-corrected chi connectivity index (χ4v) is 3.73. The van der Waals surface area contributed by atoms with E-state index >= 15 is 0 Å². The van der Waals surface area contributed by atoms with Crippen molar-refractivity contribution in [1.82, 2.24) is 16.0 Å². The summed E-state index contributed by atoms with van der Waals surface area (Å²) in [5, 5.41) is 9.72. The molecule has 2 unspecified atom stereocenters. The summed E-state index contributed by atoms with van der Waals surface area (Å²) in [6.45, 7) is 11.7. The number of nitrogens with one attached hydrogen (secondary N) is 3. The maximum atomic E-state index is 12.0. The van der Waals surface area contributed by atoms with Gasteiger partial charge in [0.15, 0.2) is 5.96 Å². The van der Waals surface area contributed by atoms with Gasteiger partial charge in [-0.1, -0.05) is 6.42 Å². The summed E-state index contributed by atoms with van der Waals surface area (Å²) < 4.78 is 5.90. The van der Waals surface area contributed by atoms with E-state index in [0.29, 0.717) is 12.1 Å². The Morgan fingerprint density at radius 3 is 2.50 bits per heavy atom. The molecule has 2 fully saturated rings. The molecule has 0 radical (unpaired) electrons. The fourth-order valence-electron chi connectivity index (χ4n) is 3.73. The molecule has 0 heterocycles. The number of guanidine groups is 1. The number of carbonyl (C=O) groups is 1. The number of hydrogen-bond acceptors (Lipinski definition) is 3. The molecule has 2 saturated carbocycles. The lowest BCUT2D eigenvalue weighted by Gasteiger charge is -2.61. The van der Waals surface area contributed by atoms with Gasteiger partial charge in [-0.2, -0.15) is 0 Å². The number of aliphatic imine (C=N–C) groups is 1. The molecule has 0 saturated heterocycles. The lowest BCUT2D eigenvalue weighted by Crippen LogP contribution is -2.68. The summed E-state index contributed by atoms with van der Waals surface area (Å²) in [5.74, 6) is 0.673. The molecule has 2 atom stereocenters. The molecule has 2 rings (SSSR count). The van der Waals surface area contributed by atoms with E-state index in [0.717, 1.165) is 25.5 Å². The zero-order valence-electron chi connectivity index (χ0n) is 15.9. The van der Waals surface area contributed by atoms with Crippen molar-refractivity contribution < 1.29 is 9.53 Å². The predicted molar refractivity (Wildman–Crippen MR) is 97.1 cm³/mol. The molecule has 24 heavy (non-hydrogen) atoms. The Balaban J connectivity index is 1.91. The fraction of sp³-hybridized carbons (Fsp3) is 0.889. The van der Waals surface area contributed by atoms with Crippen LogP contribution in [0, 0.1) is 5.41 Å². The number of rotatable bonds is 6. The Hall–Kier alpha value is -1.30. The van der Waals surface area contributed by atoms with Crippen LogP contribution in [0.5, 0.6) is 0 Å². The largest absolute Gasteiger partial charge is 0.378 e. The molecule has 0 aromatic heterocycles. The molecule has 3 N–H and O–H groups in total. The van der Waals surface area contributed by atoms with Gasteiger partial charge in [-0.3, -0.25) is 4.79 Å². The van der Waals surface area contributed by atoms with Gasteiger partial charge in [0.05, 0.1) is 6.10 Å². The Morgan fingerprint density at radius 1 is 1.29 bits per heavy atom. The van der Waals surface area contributed by atoms with Gasteiger partial charge in [0, 0.05) is 30.1 Å². The molecular formula is C18H34N4O2. The molecule has 2 aliphatic rings. The summed E-state index contributed by atoms with van der Waals surface area (Å²) in [7, 11) is 0. The number of hydrogen-bond donors (Lipinski definition) is 3. The minimum atomic E-state index is -0.229. The molecule has 0 aromatic rings. The number of amides is 1. The summed E-state index contributed by atoms with van der Waals surface area (Å²) in [4.78, 5) is 16.4. The molecule has 0 bridgehead atoms. The van der Waals surface area contributed by atoms with Crippen molar-refractivity contribution in [3.8, 4) is 0 Å². The minimum absolute atomic E-state index is 0.0566. The van der Waals surface area contributed by atoms with Crippen molar-refractivity contribution in [2.75, 3.05) is 19.7 Å². The van der Waals surface area contributed by atoms with Crippen LogP contribution in [0.4, 0.5) is 0 Å². The summed E-state index contributed by atoms with van der Waals surface area (Å²) >= 11 is 0. The van der Waals surface area contributed by atoms with Crippen LogP contribution in [-0.2, 0) is 9.53 Å². The van der Waals surface area contributed by atoms with Gasteiger partial charge < -0.3 is 20.7 Å². The lowest BCUT2D eigenvalue weighted by molar-refractivity contribution is -0.168. The first-order chi connectivity index (χ1) is 11.3. The van der Waals surface area contributed by atoms with Crippen molar-refractivity contribution in [3.05, 3.63) is 0 Å². The van der Waals surface area contributed by atoms with E-state index in [9.17, 15) is 4.79 Å². The molecule has 1 amide bonds. The average Bonchev–Trinajstić information content (AvgIpc) is 2.39. The molecule has 6 nitrogen and oxygen atoms in total. The van der Waals surface area contributed by atoms with Crippen LogP contribution < -0.4 is 16.0 Å². The summed E-state index contributed by atoms with van der Waals surface area (Å²) in [6.07, 6.45) is 5.12. The van der Waals surface area contributed by atoms with Gasteiger partial charge in [0.1, 0.15) is 6.54 Å². The maximum absolute atomic E-state index is 12.0. The number of nitrogens with zero attached hydrogens (tertiary/aromatic N) is 1. The topological polar surface area (TPSA) is 74.8 Å². The van der Waals surface area contributed by atoms with Gasteiger partial charge >= 0.3 is 0 Å². The van der Waals surface area contributed by atoms with Crippen LogP contribution in [0.25, 0.3) is 0 Å². The predicted octanol–water partition coefficient (Wildman–Crippen LogP) is 1.80. The highest BCUT2D eigenvalue weighted by molar-refractivity contribution is 5.85. The Kier molecular flexibility index (Phi) is 6.12. The highest BCUT2D eigenvalue weighted by atomic mass is 16.5. The van der Waals surface area contributed by atoms with Crippen LogP contribution in [0.2, 0.25) is 0 Å². The van der Waals surface area contributed by atoms with Crippen LogP contribution in [0.1, 0.15) is 60.3 Å². The van der Waals surface area contributed by atoms with Crippen molar-refractivity contribution in [1.29, 1.82) is 0 Å². The molecule has 2 aliphatic carbocycles. The second-order valence-corrected chi connectivity index (χ2v) is 7.96. The smallest absolute Gasteiger partial charge is 0.242 e. The zero-order valence-corrected chi connectivity index (χ0v) is 15.9. The van der Waals surface area contributed by atoms with Gasteiger partial charge in [0.25, 0.3) is 0 Å². The van der Waals surface area contributed by atoms with Gasteiger partial charge in [0.2, 0.25) is 5.91 Å². The number of ether oxygens (including phenoxy) is 1. The van der Waals surface area contributed by atoms with Crippen molar-refractivity contribution >= 4 is 11.9 Å². The normalized spacial score (nSPS) is 25.6. The quantitative estimate of drug-likeness (QED) is 0.510. The average molecular weight is 338 g/mol. The van der Waals surface area contributed by atoms with Gasteiger partial charge in [-0.15, -0.1) is 0 Å². The first-order valence-corrected chi connectivity index (χ1v) is 9.28. The lowest BCUT2D eigenvalue weighted by atomic mass is 9.51. The SMILES string of the molecule is CCNC(=NCC(=O)NC(C)(C)C)NC1CC(OCC)C12CCC2. The molecular weight excluding hydrogens is 304 g/mol. The van der Waals surface area contributed by atoms with E-state index in [2.05, 4.69) is 27.9 Å². The highest BCUT2D eigenvalue weighted by Gasteiger charge is 2.59. The molecule has 6 heteroatoms. The van der Waals surface area contributed by atoms with Crippen LogP contribution in [-0.4, -0.2) is 49.2 Å². The van der Waals surface area contributed by atoms with E-state index < -0.39 is 0 Å². The van der Waals surface area contributed by atoms with Crippen molar-refractivity contribution in [3.63, 3.8) is 0 Å². The van der Waals surface area contributed by atoms with Gasteiger partial charge in [-0.25, -0.2) is 4.99 Å². The first kappa shape index (κ1) is 19.0. The third kappa shape index (κ3) is 4.41. The second kappa shape index (κ2) is 7.72. The van der Waals surface area contributed by atoms with Crippen LogP contribution >= 0.6 is 0 Å². The van der Waals surface area contributed by atoms with E-state index in [-0.39, 0.29) is 23.4 Å². The highest BCUT2D eigenvalue weighted by Crippen LogP contribution is 2.57. The van der Waals surface area contributed by atoms with Crippen LogP contribution in [0.15, 0.2) is 4.99 Å². The van der Waals surface area contributed by atoms with E-state index in [1.807, 2.05) is 27.7 Å². The second-order valence-electron chi connectivity index (χ2n) is 7.96. The molecule has 0 aliphatic heterocycles. The number of carbonyl (C=O) groups excluding carboxylic acids is 1. The Morgan fingerprint density at radius 2 is 2.00 bits per heavy atom. The zero-order chi connectivity index (χ0) is 17.8. The first-order valence-electron chi connectivity index (χ1n) is 9.28. The standard InChI is InChI=1S/C18H34N4O2/c1-6-19-16(20-12-15(23)22-17(3,4)5)21-13-11-14(24-7-2)18(13)9-8-10-18/h13-14H,6-12H2,1-5H3,(H,22,23)(H2,19,20,21). The van der Waals surface area contributed by atoms with Gasteiger partial charge in [-0.05, 0) is 53.9 Å². The third-order valence-electron chi connectivity index (χ3n) is 4.99. The van der Waals surface area contributed by atoms with Crippen molar-refractivity contribution in [2.24, 2.45) is 10.4 Å². The molecule has 1 spiro atoms. The maximum Gasteiger partial charge on any atom is 0.242 e. The third-order valence-corrected chi connectivity index (χ3v) is 4.99. The molecule has 138 valence electrons. The monoisotopic (exact) mass is 338 g/mol. The summed E-state index contributed by atoms with van der Waals surface area (Å²) in [5.41, 5.74) is 0.0485. The summed E-state index contributed by atoms with van der Waals surface area (Å²) in [6, 6.07) is 0.395. The molecule has 0 aromatic carbocycles. The van der Waals surface area contributed by atoms with E-state index in [1.54, 1.807) is 0 Å². The van der Waals surface area contributed by atoms with E-state index in [1.165, 1.54) is 19.3 Å². The van der Waals surface area contributed by atoms with Crippen LogP contribution in [0.3, 0.4) is 0 Å².